The number of aromatic hydroxyl groups is 2. The third-order valence-electron chi connectivity index (χ3n) is 7.98. The van der Waals surface area contributed by atoms with Crippen LogP contribution < -0.4 is 10.5 Å². The van der Waals surface area contributed by atoms with E-state index < -0.39 is 82.6 Å². The summed E-state index contributed by atoms with van der Waals surface area (Å²) in [7, 11) is 1.34. The predicted molar refractivity (Wildman–Crippen MR) is 135 cm³/mol. The van der Waals surface area contributed by atoms with Gasteiger partial charge in [0.1, 0.15) is 22.8 Å². The molecule has 208 valence electrons. The Bertz CT molecular complexity index is 1380. The number of hydrogen-bond acceptors (Lipinski definition) is 11. The van der Waals surface area contributed by atoms with Crippen LogP contribution in [0.15, 0.2) is 18.2 Å². The van der Waals surface area contributed by atoms with Crippen LogP contribution in [-0.2, 0) is 20.7 Å². The number of phenolic OH excluding ortho intramolecular Hbond substituents is 2. The molecule has 0 amide bonds. The highest BCUT2D eigenvalue weighted by molar-refractivity contribution is 6.31. The zero-order valence-electron chi connectivity index (χ0n) is 21.8. The van der Waals surface area contributed by atoms with Crippen LogP contribution in [0.4, 0.5) is 0 Å². The minimum absolute atomic E-state index is 0.0119. The predicted octanol–water partition coefficient (Wildman–Crippen LogP) is 1.42. The van der Waals surface area contributed by atoms with Gasteiger partial charge in [0.05, 0.1) is 42.1 Å². The number of benzene rings is 2. The first kappa shape index (κ1) is 27.2. The van der Waals surface area contributed by atoms with Crippen molar-refractivity contribution in [2.45, 2.75) is 75.8 Å². The van der Waals surface area contributed by atoms with Crippen LogP contribution in [0.25, 0.3) is 0 Å². The second kappa shape index (κ2) is 9.68. The molecular formula is C28H31NO10. The highest BCUT2D eigenvalue weighted by Crippen LogP contribution is 2.52. The number of fused-ring (bicyclic) bond motifs is 3. The topological polar surface area (TPSA) is 186 Å². The lowest BCUT2D eigenvalue weighted by Crippen LogP contribution is -2.52. The van der Waals surface area contributed by atoms with Gasteiger partial charge in [-0.3, -0.25) is 14.4 Å². The van der Waals surface area contributed by atoms with Crippen molar-refractivity contribution >= 4 is 17.3 Å². The van der Waals surface area contributed by atoms with Gasteiger partial charge in [-0.25, -0.2) is 0 Å². The molecule has 6 N–H and O–H groups in total. The maximum Gasteiger partial charge on any atom is 0.202 e. The monoisotopic (exact) mass is 541 g/mol. The third-order valence-corrected chi connectivity index (χ3v) is 7.98. The second-order valence-corrected chi connectivity index (χ2v) is 10.4. The number of aliphatic hydroxyl groups excluding tert-OH is 1. The zero-order chi connectivity index (χ0) is 28.4. The van der Waals surface area contributed by atoms with Gasteiger partial charge < -0.3 is 40.4 Å². The van der Waals surface area contributed by atoms with E-state index in [1.54, 1.807) is 13.8 Å². The summed E-state index contributed by atoms with van der Waals surface area (Å²) in [6.07, 6.45) is -4.53. The molecule has 3 unspecified atom stereocenters. The Morgan fingerprint density at radius 1 is 1.15 bits per heavy atom. The molecule has 0 saturated carbocycles. The molecular weight excluding hydrogens is 510 g/mol. The van der Waals surface area contributed by atoms with Crippen molar-refractivity contribution in [3.05, 3.63) is 51.6 Å². The zero-order valence-corrected chi connectivity index (χ0v) is 21.8. The molecule has 0 spiro atoms. The van der Waals surface area contributed by atoms with E-state index in [9.17, 15) is 34.8 Å². The fourth-order valence-corrected chi connectivity index (χ4v) is 5.93. The number of phenols is 2. The molecule has 0 radical (unpaired) electrons. The highest BCUT2D eigenvalue weighted by atomic mass is 16.7. The summed E-state index contributed by atoms with van der Waals surface area (Å²) in [6.45, 7) is 3.19. The van der Waals surface area contributed by atoms with Crippen LogP contribution in [0.2, 0.25) is 0 Å². The summed E-state index contributed by atoms with van der Waals surface area (Å²) in [4.78, 5) is 40.1. The van der Waals surface area contributed by atoms with E-state index >= 15 is 0 Å². The Kier molecular flexibility index (Phi) is 6.76. The number of ketones is 3. The highest BCUT2D eigenvalue weighted by Gasteiger charge is 2.49. The molecule has 1 saturated heterocycles. The van der Waals surface area contributed by atoms with Gasteiger partial charge in [-0.05, 0) is 13.0 Å². The molecule has 2 aliphatic carbocycles. The number of ether oxygens (including phenoxy) is 3. The van der Waals surface area contributed by atoms with Crippen LogP contribution in [0.5, 0.6) is 17.2 Å². The van der Waals surface area contributed by atoms with Gasteiger partial charge >= 0.3 is 0 Å². The van der Waals surface area contributed by atoms with Crippen molar-refractivity contribution in [3.8, 4) is 17.2 Å². The van der Waals surface area contributed by atoms with Crippen LogP contribution >= 0.6 is 0 Å². The van der Waals surface area contributed by atoms with E-state index in [2.05, 4.69) is 0 Å². The van der Waals surface area contributed by atoms with Crippen molar-refractivity contribution in [1.82, 2.24) is 0 Å². The maximum atomic E-state index is 13.7. The van der Waals surface area contributed by atoms with Gasteiger partial charge in [-0.15, -0.1) is 0 Å². The normalized spacial score (nSPS) is 29.8. The van der Waals surface area contributed by atoms with Crippen molar-refractivity contribution in [2.75, 3.05) is 7.11 Å². The summed E-state index contributed by atoms with van der Waals surface area (Å²) in [5, 5.41) is 44.5. The van der Waals surface area contributed by atoms with Crippen molar-refractivity contribution in [3.63, 3.8) is 0 Å². The average Bonchev–Trinajstić information content (AvgIpc) is 2.90. The van der Waals surface area contributed by atoms with E-state index in [0.29, 0.717) is 0 Å². The largest absolute Gasteiger partial charge is 0.507 e. The molecule has 3 aliphatic rings. The van der Waals surface area contributed by atoms with Crippen LogP contribution in [-0.4, -0.2) is 75.0 Å². The van der Waals surface area contributed by atoms with E-state index in [1.165, 1.54) is 25.3 Å². The third kappa shape index (κ3) is 4.12. The molecule has 39 heavy (non-hydrogen) atoms. The van der Waals surface area contributed by atoms with Gasteiger partial charge in [0, 0.05) is 48.4 Å². The van der Waals surface area contributed by atoms with Gasteiger partial charge in [0.25, 0.3) is 0 Å². The van der Waals surface area contributed by atoms with Crippen molar-refractivity contribution < 1.29 is 49.0 Å². The van der Waals surface area contributed by atoms with Crippen LogP contribution in [0.3, 0.4) is 0 Å². The Hall–Kier alpha value is -3.35. The fraction of sp³-hybridized carbons (Fsp3) is 0.464. The molecule has 1 fully saturated rings. The number of hydrogen-bond donors (Lipinski definition) is 5. The van der Waals surface area contributed by atoms with E-state index in [-0.39, 0.29) is 47.3 Å². The molecule has 2 aromatic rings. The van der Waals surface area contributed by atoms with Gasteiger partial charge in [-0.2, -0.15) is 0 Å². The number of aliphatic hydroxyl groups is 2. The lowest BCUT2D eigenvalue weighted by molar-refractivity contribution is -0.247. The molecule has 11 nitrogen and oxygen atoms in total. The Morgan fingerprint density at radius 2 is 1.85 bits per heavy atom. The van der Waals surface area contributed by atoms with Crippen molar-refractivity contribution in [2.24, 2.45) is 5.73 Å². The number of carbonyl (C=O) groups is 3. The van der Waals surface area contributed by atoms with Crippen molar-refractivity contribution in [1.29, 1.82) is 0 Å². The number of Topliss-reactive ketones (excluding diaryl/α,β-unsaturated/α-hetero) is 1. The molecule has 0 aromatic heterocycles. The average molecular weight is 542 g/mol. The molecule has 1 heterocycles. The summed E-state index contributed by atoms with van der Waals surface area (Å²) < 4.78 is 17.1. The van der Waals surface area contributed by atoms with E-state index in [4.69, 9.17) is 19.9 Å². The summed E-state index contributed by atoms with van der Waals surface area (Å²) in [5.41, 5.74) is 3.03. The maximum absolute atomic E-state index is 13.7. The lowest BCUT2D eigenvalue weighted by Gasteiger charge is -2.42. The molecule has 2 aromatic carbocycles. The smallest absolute Gasteiger partial charge is 0.202 e. The van der Waals surface area contributed by atoms with Gasteiger partial charge in [-0.1, -0.05) is 19.1 Å². The van der Waals surface area contributed by atoms with Gasteiger partial charge in [0.2, 0.25) is 5.78 Å². The lowest BCUT2D eigenvalue weighted by atomic mass is 9.71. The molecule has 6 atom stereocenters. The quantitative estimate of drug-likeness (QED) is 0.294. The minimum Gasteiger partial charge on any atom is -0.507 e. The molecule has 11 heteroatoms. The summed E-state index contributed by atoms with van der Waals surface area (Å²) >= 11 is 0. The molecule has 1 aliphatic heterocycles. The molecule has 5 rings (SSSR count). The fourth-order valence-electron chi connectivity index (χ4n) is 5.93. The molecule has 0 bridgehead atoms. The minimum atomic E-state index is -1.99. The first-order valence-electron chi connectivity index (χ1n) is 12.8. The second-order valence-electron chi connectivity index (χ2n) is 10.4. The number of methoxy groups -OCH3 is 1. The first-order valence-corrected chi connectivity index (χ1v) is 12.8. The Labute approximate surface area is 224 Å². The van der Waals surface area contributed by atoms with E-state index in [0.717, 1.165) is 0 Å². The summed E-state index contributed by atoms with van der Waals surface area (Å²) in [5.74, 6) is -3.07. The SMILES string of the molecule is CCC(=O)[C@]1(O)Cc2c(O)c3c(c(O)c2[C@@H](OC2CC(N)C(O)[C@H](C)O2)C1)C(=O)c1c(OC)cccc1C3=O. The van der Waals surface area contributed by atoms with E-state index in [1.807, 2.05) is 0 Å². The van der Waals surface area contributed by atoms with Gasteiger partial charge in [0.15, 0.2) is 17.9 Å². The Balaban J connectivity index is 1.69. The summed E-state index contributed by atoms with van der Waals surface area (Å²) in [6, 6.07) is 3.76. The number of carbonyl (C=O) groups excluding carboxylic acids is 3. The van der Waals surface area contributed by atoms with Crippen LogP contribution in [0, 0.1) is 0 Å². The standard InChI is InChI=1S/C28H31NO10/c1-4-17(30)28(36)9-13-20(16(10-28)39-18-8-14(29)23(31)11(2)38-18)27(35)22-21(25(13)33)24(32)12-6-5-7-15(37-3)19(12)26(22)34/h5-7,11,14,16,18,23,31,33,35-36H,4,8-10,29H2,1-3H3/t11-,14?,16-,18?,23?,28-/m0/s1. The first-order chi connectivity index (χ1) is 18.4. The van der Waals surface area contributed by atoms with Crippen LogP contribution in [0.1, 0.15) is 82.2 Å². The number of nitrogens with two attached hydrogens (primary N) is 1. The number of rotatable bonds is 5. The Morgan fingerprint density at radius 3 is 2.49 bits per heavy atom.